The molecule has 0 bridgehead atoms. The Bertz CT molecular complexity index is 796. The molecule has 2 heterocycles. The minimum Gasteiger partial charge on any atom is -0.442 e. The predicted octanol–water partition coefficient (Wildman–Crippen LogP) is 1.72. The van der Waals surface area contributed by atoms with Crippen molar-refractivity contribution in [3.05, 3.63) is 30.0 Å². The van der Waals surface area contributed by atoms with Crippen LogP contribution in [0.15, 0.2) is 24.4 Å². The van der Waals surface area contributed by atoms with E-state index in [1.165, 1.54) is 17.4 Å². The highest BCUT2D eigenvalue weighted by Gasteiger charge is 2.52. The molecule has 4 rings (SSSR count). The zero-order chi connectivity index (χ0) is 17.6. The Balaban J connectivity index is 1.41. The van der Waals surface area contributed by atoms with Crippen LogP contribution < -0.4 is 10.2 Å². The van der Waals surface area contributed by atoms with E-state index in [9.17, 15) is 9.59 Å². The summed E-state index contributed by atoms with van der Waals surface area (Å²) in [5, 5.41) is 11.6. The maximum Gasteiger partial charge on any atom is 0.416 e. The van der Waals surface area contributed by atoms with E-state index >= 15 is 0 Å². The van der Waals surface area contributed by atoms with Crippen molar-refractivity contribution < 1.29 is 14.3 Å². The summed E-state index contributed by atoms with van der Waals surface area (Å²) in [4.78, 5) is 28.8. The number of nitrogens with one attached hydrogen (secondary N) is 1. The van der Waals surface area contributed by atoms with Gasteiger partial charge in [-0.05, 0) is 41.5 Å². The average molecular weight is 338 g/mol. The minimum atomic E-state index is -0.450. The first-order valence-corrected chi connectivity index (χ1v) is 8.36. The van der Waals surface area contributed by atoms with Crippen molar-refractivity contribution in [3.63, 3.8) is 0 Å². The quantitative estimate of drug-likeness (QED) is 0.902. The van der Waals surface area contributed by atoms with Gasteiger partial charge in [0.15, 0.2) is 0 Å². The number of ether oxygens (including phenoxy) is 1. The van der Waals surface area contributed by atoms with Gasteiger partial charge in [0.2, 0.25) is 5.91 Å². The molecule has 2 fully saturated rings. The second kappa shape index (κ2) is 5.88. The Morgan fingerprint density at radius 1 is 1.52 bits per heavy atom. The molecule has 2 amide bonds. The Kier molecular flexibility index (Phi) is 3.68. The van der Waals surface area contributed by atoms with Crippen LogP contribution >= 0.6 is 0 Å². The monoisotopic (exact) mass is 338 g/mol. The van der Waals surface area contributed by atoms with Crippen LogP contribution in [-0.4, -0.2) is 36.2 Å². The number of aromatic nitrogens is 1. The summed E-state index contributed by atoms with van der Waals surface area (Å²) in [6.45, 7) is 2.09. The summed E-state index contributed by atoms with van der Waals surface area (Å²) >= 11 is 0. The third-order valence-electron chi connectivity index (χ3n) is 5.08. The van der Waals surface area contributed by atoms with Gasteiger partial charge < -0.3 is 10.1 Å². The second-order valence-electron chi connectivity index (χ2n) is 6.75. The number of carbonyl (C=O) groups excluding carboxylic acids is 2. The Hall–Kier alpha value is -2.88. The summed E-state index contributed by atoms with van der Waals surface area (Å²) in [7, 11) is 0. The number of hydrogen-bond donors (Lipinski definition) is 1. The zero-order valence-electron chi connectivity index (χ0n) is 13.8. The van der Waals surface area contributed by atoms with E-state index in [1.54, 1.807) is 6.20 Å². The van der Waals surface area contributed by atoms with E-state index in [2.05, 4.69) is 22.4 Å². The molecule has 1 N–H and O–H groups in total. The van der Waals surface area contributed by atoms with Crippen molar-refractivity contribution in [2.75, 3.05) is 18.0 Å². The Morgan fingerprint density at radius 3 is 2.96 bits per heavy atom. The third kappa shape index (κ3) is 2.84. The van der Waals surface area contributed by atoms with Crippen LogP contribution in [0, 0.1) is 29.1 Å². The summed E-state index contributed by atoms with van der Waals surface area (Å²) < 4.78 is 5.24. The van der Waals surface area contributed by atoms with Gasteiger partial charge in [-0.3, -0.25) is 9.69 Å². The standard InChI is InChI=1S/C18H18N4O3/c1-10(23)20-8-13-9-22(18(24)25-13)17-3-2-11(7-21-17)12-4-14-15(5-12)16(14)6-19/h2-4,7,13-16H,5,8-9H2,1H3,(H,20,23)/t13-,14?,15?,16?/m0/s1. The van der Waals surface area contributed by atoms with Crippen LogP contribution in [0.2, 0.25) is 0 Å². The van der Waals surface area contributed by atoms with Crippen LogP contribution in [-0.2, 0) is 9.53 Å². The van der Waals surface area contributed by atoms with Crippen LogP contribution in [0.1, 0.15) is 18.9 Å². The topological polar surface area (TPSA) is 95.3 Å². The highest BCUT2D eigenvalue weighted by Crippen LogP contribution is 2.57. The number of amides is 2. The summed E-state index contributed by atoms with van der Waals surface area (Å²) in [6.07, 6.45) is 4.05. The van der Waals surface area contributed by atoms with Gasteiger partial charge >= 0.3 is 6.09 Å². The molecule has 1 saturated carbocycles. The molecule has 1 aromatic rings. The number of carbonyl (C=O) groups is 2. The third-order valence-corrected chi connectivity index (χ3v) is 5.08. The first kappa shape index (κ1) is 15.6. The lowest BCUT2D eigenvalue weighted by Crippen LogP contribution is -2.33. The van der Waals surface area contributed by atoms with Gasteiger partial charge in [0.25, 0.3) is 0 Å². The number of cyclic esters (lactones) is 1. The SMILES string of the molecule is CC(=O)NC[C@H]1CN(c2ccc(C3=CC4C(C#N)C4C3)cn2)C(=O)O1. The largest absolute Gasteiger partial charge is 0.442 e. The maximum absolute atomic E-state index is 12.0. The predicted molar refractivity (Wildman–Crippen MR) is 89.2 cm³/mol. The van der Waals surface area contributed by atoms with Gasteiger partial charge in [-0.1, -0.05) is 6.08 Å². The van der Waals surface area contributed by atoms with Gasteiger partial charge in [0.1, 0.15) is 11.9 Å². The minimum absolute atomic E-state index is 0.154. The zero-order valence-corrected chi connectivity index (χ0v) is 13.8. The van der Waals surface area contributed by atoms with Crippen LogP contribution in [0.4, 0.5) is 10.6 Å². The van der Waals surface area contributed by atoms with E-state index in [0.29, 0.717) is 30.7 Å². The first-order chi connectivity index (χ1) is 12.1. The molecule has 1 aliphatic heterocycles. The number of anilines is 1. The molecule has 25 heavy (non-hydrogen) atoms. The molecule has 7 nitrogen and oxygen atoms in total. The number of rotatable bonds is 4. The number of nitriles is 1. The van der Waals surface area contributed by atoms with Gasteiger partial charge in [0.05, 0.1) is 25.1 Å². The van der Waals surface area contributed by atoms with Crippen molar-refractivity contribution in [1.82, 2.24) is 10.3 Å². The number of allylic oxidation sites excluding steroid dienone is 2. The number of fused-ring (bicyclic) bond motifs is 1. The lowest BCUT2D eigenvalue weighted by atomic mass is 10.0. The van der Waals surface area contributed by atoms with Gasteiger partial charge in [0, 0.05) is 13.1 Å². The molecule has 3 unspecified atom stereocenters. The normalized spacial score (nSPS) is 29.5. The molecular formula is C18H18N4O3. The van der Waals surface area contributed by atoms with Crippen molar-refractivity contribution in [3.8, 4) is 6.07 Å². The molecule has 0 aromatic carbocycles. The van der Waals surface area contributed by atoms with E-state index in [4.69, 9.17) is 10.00 Å². The smallest absolute Gasteiger partial charge is 0.416 e. The summed E-state index contributed by atoms with van der Waals surface area (Å²) in [6, 6.07) is 6.10. The van der Waals surface area contributed by atoms with Crippen molar-refractivity contribution >= 4 is 23.4 Å². The fraction of sp³-hybridized carbons (Fsp3) is 0.444. The lowest BCUT2D eigenvalue weighted by molar-refractivity contribution is -0.119. The first-order valence-electron chi connectivity index (χ1n) is 8.36. The molecule has 2 aliphatic carbocycles. The molecule has 7 heteroatoms. The van der Waals surface area contributed by atoms with E-state index < -0.39 is 6.09 Å². The van der Waals surface area contributed by atoms with E-state index in [1.807, 2.05) is 12.1 Å². The highest BCUT2D eigenvalue weighted by molar-refractivity contribution is 5.88. The molecule has 0 spiro atoms. The molecule has 3 aliphatic rings. The number of hydrogen-bond acceptors (Lipinski definition) is 5. The van der Waals surface area contributed by atoms with Gasteiger partial charge in [-0.2, -0.15) is 5.26 Å². The number of pyridine rings is 1. The second-order valence-corrected chi connectivity index (χ2v) is 6.75. The van der Waals surface area contributed by atoms with Gasteiger partial charge in [-0.25, -0.2) is 9.78 Å². The molecule has 1 aromatic heterocycles. The van der Waals surface area contributed by atoms with Crippen molar-refractivity contribution in [1.29, 1.82) is 5.26 Å². The average Bonchev–Trinajstić information content (AvgIpc) is 2.94. The lowest BCUT2D eigenvalue weighted by Gasteiger charge is -2.13. The van der Waals surface area contributed by atoms with Crippen LogP contribution in [0.25, 0.3) is 5.57 Å². The molecule has 4 atom stereocenters. The van der Waals surface area contributed by atoms with E-state index in [-0.39, 0.29) is 17.9 Å². The summed E-state index contributed by atoms with van der Waals surface area (Å²) in [5.41, 5.74) is 2.27. The highest BCUT2D eigenvalue weighted by atomic mass is 16.6. The summed E-state index contributed by atoms with van der Waals surface area (Å²) in [5.74, 6) is 1.46. The van der Waals surface area contributed by atoms with Crippen LogP contribution in [0.3, 0.4) is 0 Å². The molecular weight excluding hydrogens is 320 g/mol. The maximum atomic E-state index is 12.0. The number of nitrogens with zero attached hydrogens (tertiary/aromatic N) is 3. The van der Waals surface area contributed by atoms with Crippen molar-refractivity contribution in [2.24, 2.45) is 17.8 Å². The van der Waals surface area contributed by atoms with Crippen molar-refractivity contribution in [2.45, 2.75) is 19.4 Å². The van der Waals surface area contributed by atoms with Gasteiger partial charge in [-0.15, -0.1) is 0 Å². The Labute approximate surface area is 145 Å². The Morgan fingerprint density at radius 2 is 2.36 bits per heavy atom. The fourth-order valence-corrected chi connectivity index (χ4v) is 3.65. The van der Waals surface area contributed by atoms with E-state index in [0.717, 1.165) is 12.0 Å². The molecule has 1 saturated heterocycles. The van der Waals surface area contributed by atoms with Crippen LogP contribution in [0.5, 0.6) is 0 Å². The molecule has 0 radical (unpaired) electrons. The molecule has 128 valence electrons. The fourth-order valence-electron chi connectivity index (χ4n) is 3.65.